The third-order valence-corrected chi connectivity index (χ3v) is 6.30. The van der Waals surface area contributed by atoms with E-state index in [1.165, 1.54) is 58.2 Å². The van der Waals surface area contributed by atoms with Crippen molar-refractivity contribution in [3.8, 4) is 0 Å². The van der Waals surface area contributed by atoms with Crippen LogP contribution in [0, 0.1) is 17.8 Å². The summed E-state index contributed by atoms with van der Waals surface area (Å²) in [5.41, 5.74) is 0. The molecule has 1 aliphatic heterocycles. The largest absolute Gasteiger partial charge is 0.303 e. The Bertz CT molecular complexity index is 284. The summed E-state index contributed by atoms with van der Waals surface area (Å²) in [4.78, 5) is 5.35. The van der Waals surface area contributed by atoms with E-state index in [0.29, 0.717) is 6.04 Å². The van der Waals surface area contributed by atoms with Gasteiger partial charge in [-0.25, -0.2) is 0 Å². The van der Waals surface area contributed by atoms with Crippen LogP contribution in [-0.4, -0.2) is 48.6 Å². The molecule has 2 nitrogen and oxygen atoms in total. The van der Waals surface area contributed by atoms with Crippen molar-refractivity contribution >= 4 is 0 Å². The van der Waals surface area contributed by atoms with Gasteiger partial charge in [-0.15, -0.1) is 0 Å². The second-order valence-corrected chi connectivity index (χ2v) is 8.32. The van der Waals surface area contributed by atoms with E-state index in [4.69, 9.17) is 0 Å². The molecule has 0 aromatic rings. The van der Waals surface area contributed by atoms with E-state index in [1.807, 2.05) is 0 Å². The first-order valence-corrected chi connectivity index (χ1v) is 9.41. The lowest BCUT2D eigenvalue weighted by Crippen LogP contribution is -2.42. The van der Waals surface area contributed by atoms with Gasteiger partial charge >= 0.3 is 0 Å². The van der Waals surface area contributed by atoms with Crippen LogP contribution in [0.2, 0.25) is 0 Å². The zero-order chi connectivity index (χ0) is 15.4. The maximum absolute atomic E-state index is 2.76. The fourth-order valence-electron chi connectivity index (χ4n) is 4.32. The Kier molecular flexibility index (Phi) is 6.55. The highest BCUT2D eigenvalue weighted by Gasteiger charge is 2.28. The summed E-state index contributed by atoms with van der Waals surface area (Å²) in [6, 6.07) is 1.54. The van der Waals surface area contributed by atoms with Crippen LogP contribution in [0.1, 0.15) is 66.2 Å². The normalized spacial score (nSPS) is 29.7. The highest BCUT2D eigenvalue weighted by atomic mass is 15.2. The average Bonchev–Trinajstić information content (AvgIpc) is 2.47. The molecule has 0 atom stereocenters. The molecule has 0 amide bonds. The van der Waals surface area contributed by atoms with E-state index < -0.39 is 0 Å². The Labute approximate surface area is 133 Å². The smallest absolute Gasteiger partial charge is 0.00951 e. The molecule has 1 aliphatic carbocycles. The highest BCUT2D eigenvalue weighted by molar-refractivity contribution is 4.82. The van der Waals surface area contributed by atoms with Crippen molar-refractivity contribution in [3.05, 3.63) is 0 Å². The lowest BCUT2D eigenvalue weighted by atomic mass is 9.83. The van der Waals surface area contributed by atoms with Crippen LogP contribution in [0.4, 0.5) is 0 Å². The second-order valence-electron chi connectivity index (χ2n) is 8.32. The summed E-state index contributed by atoms with van der Waals surface area (Å²) in [7, 11) is 2.31. The van der Waals surface area contributed by atoms with E-state index >= 15 is 0 Å². The third-order valence-electron chi connectivity index (χ3n) is 6.30. The van der Waals surface area contributed by atoms with Crippen LogP contribution >= 0.6 is 0 Å². The lowest BCUT2D eigenvalue weighted by molar-refractivity contribution is 0.0977. The summed E-state index contributed by atoms with van der Waals surface area (Å²) in [5.74, 6) is 2.84. The van der Waals surface area contributed by atoms with Gasteiger partial charge in [0.1, 0.15) is 0 Å². The Morgan fingerprint density at radius 3 is 1.95 bits per heavy atom. The van der Waals surface area contributed by atoms with E-state index in [-0.39, 0.29) is 0 Å². The number of hydrogen-bond donors (Lipinski definition) is 0. The topological polar surface area (TPSA) is 6.48 Å². The fourth-order valence-corrected chi connectivity index (χ4v) is 4.32. The maximum Gasteiger partial charge on any atom is 0.00951 e. The molecule has 0 N–H and O–H groups in total. The number of rotatable bonds is 5. The minimum atomic E-state index is 0.696. The molecule has 0 aromatic carbocycles. The van der Waals surface area contributed by atoms with Crippen molar-refractivity contribution < 1.29 is 0 Å². The van der Waals surface area contributed by atoms with Crippen molar-refractivity contribution in [2.24, 2.45) is 17.8 Å². The molecule has 1 saturated carbocycles. The van der Waals surface area contributed by atoms with Crippen LogP contribution in [0.25, 0.3) is 0 Å². The molecule has 2 aliphatic rings. The molecule has 2 rings (SSSR count). The lowest BCUT2D eigenvalue weighted by Gasteiger charge is -2.40. The molecule has 2 fully saturated rings. The first-order chi connectivity index (χ1) is 9.97. The minimum absolute atomic E-state index is 0.696. The molecule has 0 bridgehead atoms. The first kappa shape index (κ1) is 17.3. The van der Waals surface area contributed by atoms with Crippen molar-refractivity contribution in [2.45, 2.75) is 78.3 Å². The van der Waals surface area contributed by atoms with Gasteiger partial charge in [0.25, 0.3) is 0 Å². The summed E-state index contributed by atoms with van der Waals surface area (Å²) in [5, 5.41) is 0. The molecule has 0 unspecified atom stereocenters. The third kappa shape index (κ3) is 4.96. The molecule has 2 heteroatoms. The molecule has 0 aromatic heterocycles. The molecular formula is C19H38N2. The molecule has 0 radical (unpaired) electrons. The van der Waals surface area contributed by atoms with Gasteiger partial charge in [0.2, 0.25) is 0 Å². The van der Waals surface area contributed by atoms with Crippen LogP contribution in [0.15, 0.2) is 0 Å². The van der Waals surface area contributed by atoms with Gasteiger partial charge in [-0.2, -0.15) is 0 Å². The van der Waals surface area contributed by atoms with Gasteiger partial charge < -0.3 is 9.80 Å². The van der Waals surface area contributed by atoms with Gasteiger partial charge in [0.05, 0.1) is 0 Å². The van der Waals surface area contributed by atoms with Crippen molar-refractivity contribution in [2.75, 3.05) is 26.7 Å². The van der Waals surface area contributed by atoms with Gasteiger partial charge in [0, 0.05) is 18.6 Å². The predicted molar refractivity (Wildman–Crippen MR) is 92.6 cm³/mol. The van der Waals surface area contributed by atoms with E-state index in [9.17, 15) is 0 Å². The average molecular weight is 295 g/mol. The van der Waals surface area contributed by atoms with Gasteiger partial charge in [-0.1, -0.05) is 13.8 Å². The molecule has 1 saturated heterocycles. The van der Waals surface area contributed by atoms with Gasteiger partial charge in [-0.05, 0) is 90.3 Å². The maximum atomic E-state index is 2.76. The van der Waals surface area contributed by atoms with E-state index in [1.54, 1.807) is 0 Å². The number of likely N-dealkylation sites (tertiary alicyclic amines) is 1. The number of hydrogen-bond acceptors (Lipinski definition) is 2. The Hall–Kier alpha value is -0.0800. The Balaban J connectivity index is 1.68. The monoisotopic (exact) mass is 294 g/mol. The molecule has 124 valence electrons. The number of piperidine rings is 1. The highest BCUT2D eigenvalue weighted by Crippen LogP contribution is 2.30. The van der Waals surface area contributed by atoms with Gasteiger partial charge in [-0.3, -0.25) is 0 Å². The molecular weight excluding hydrogens is 256 g/mol. The zero-order valence-electron chi connectivity index (χ0n) is 15.1. The van der Waals surface area contributed by atoms with Crippen molar-refractivity contribution in [1.29, 1.82) is 0 Å². The Morgan fingerprint density at radius 2 is 1.48 bits per heavy atom. The summed E-state index contributed by atoms with van der Waals surface area (Å²) < 4.78 is 0. The van der Waals surface area contributed by atoms with Crippen LogP contribution < -0.4 is 0 Å². The van der Waals surface area contributed by atoms with Gasteiger partial charge in [0.15, 0.2) is 0 Å². The summed E-state index contributed by atoms with van der Waals surface area (Å²) in [6.07, 6.45) is 8.60. The molecule has 21 heavy (non-hydrogen) atoms. The van der Waals surface area contributed by atoms with Crippen LogP contribution in [0.3, 0.4) is 0 Å². The number of nitrogens with zero attached hydrogens (tertiary/aromatic N) is 2. The van der Waals surface area contributed by atoms with E-state index in [0.717, 1.165) is 23.8 Å². The van der Waals surface area contributed by atoms with Crippen molar-refractivity contribution in [1.82, 2.24) is 9.80 Å². The zero-order valence-corrected chi connectivity index (χ0v) is 15.1. The minimum Gasteiger partial charge on any atom is -0.303 e. The summed E-state index contributed by atoms with van der Waals surface area (Å²) >= 11 is 0. The van der Waals surface area contributed by atoms with E-state index in [2.05, 4.69) is 44.5 Å². The Morgan fingerprint density at radius 1 is 0.905 bits per heavy atom. The standard InChI is InChI=1S/C19H38N2/c1-15(2)18-10-12-21(13-11-18)14-17-6-8-19(9-7-17)20(5)16(3)4/h15-19H,6-14H2,1-5H3. The SMILES string of the molecule is CC(C)C1CCN(CC2CCC(N(C)C(C)C)CC2)CC1. The second kappa shape index (κ2) is 7.97. The molecule has 0 spiro atoms. The van der Waals surface area contributed by atoms with Crippen LogP contribution in [-0.2, 0) is 0 Å². The summed E-state index contributed by atoms with van der Waals surface area (Å²) in [6.45, 7) is 13.5. The predicted octanol–water partition coefficient (Wildman–Crippen LogP) is 4.25. The van der Waals surface area contributed by atoms with Crippen molar-refractivity contribution in [3.63, 3.8) is 0 Å². The quantitative estimate of drug-likeness (QED) is 0.748. The molecule has 1 heterocycles. The fraction of sp³-hybridized carbons (Fsp3) is 1.00. The van der Waals surface area contributed by atoms with Crippen LogP contribution in [0.5, 0.6) is 0 Å². The first-order valence-electron chi connectivity index (χ1n) is 9.41.